The topological polar surface area (TPSA) is 0 Å². The average molecular weight is 175 g/mol. The van der Waals surface area contributed by atoms with E-state index >= 15 is 0 Å². The zero-order valence-corrected chi connectivity index (χ0v) is 8.24. The van der Waals surface area contributed by atoms with E-state index in [0.717, 1.165) is 18.2 Å². The summed E-state index contributed by atoms with van der Waals surface area (Å²) in [6.07, 6.45) is 8.17. The van der Waals surface area contributed by atoms with Gasteiger partial charge in [-0.1, -0.05) is 19.4 Å². The van der Waals surface area contributed by atoms with Crippen molar-refractivity contribution < 1.29 is 0 Å². The number of hydrogen-bond donors (Lipinski definition) is 0. The van der Waals surface area contributed by atoms with Crippen LogP contribution < -0.4 is 0 Å². The second-order valence-electron chi connectivity index (χ2n) is 3.03. The van der Waals surface area contributed by atoms with Crippen LogP contribution in [0.5, 0.6) is 0 Å². The third-order valence-corrected chi connectivity index (χ3v) is 2.37. The molecule has 0 saturated carbocycles. The predicted molar refractivity (Wildman–Crippen MR) is 53.2 cm³/mol. The number of allylic oxidation sites excluding steroid dienone is 1. The number of halogens is 1. The molecule has 0 aromatic rings. The van der Waals surface area contributed by atoms with Gasteiger partial charge < -0.3 is 0 Å². The van der Waals surface area contributed by atoms with Crippen molar-refractivity contribution in [2.24, 2.45) is 5.92 Å². The van der Waals surface area contributed by atoms with Crippen LogP contribution in [0.2, 0.25) is 0 Å². The molecule has 66 valence electrons. The van der Waals surface area contributed by atoms with E-state index in [1.165, 1.54) is 25.7 Å². The number of rotatable bonds is 7. The standard InChI is InChI=1S/C10H19Cl/c1-3-5-6-8-10(9-11)7-4-2/h3,10H,1,4-9H2,2H3. The Morgan fingerprint density at radius 1 is 1.45 bits per heavy atom. The fourth-order valence-electron chi connectivity index (χ4n) is 1.26. The van der Waals surface area contributed by atoms with Crippen molar-refractivity contribution in [1.82, 2.24) is 0 Å². The van der Waals surface area contributed by atoms with Crippen LogP contribution in [0.15, 0.2) is 12.7 Å². The van der Waals surface area contributed by atoms with Gasteiger partial charge in [0, 0.05) is 5.88 Å². The molecule has 0 nitrogen and oxygen atoms in total. The lowest BCUT2D eigenvalue weighted by atomic mass is 9.99. The maximum atomic E-state index is 5.80. The van der Waals surface area contributed by atoms with E-state index in [2.05, 4.69) is 13.5 Å². The van der Waals surface area contributed by atoms with E-state index in [-0.39, 0.29) is 0 Å². The van der Waals surface area contributed by atoms with Gasteiger partial charge in [-0.3, -0.25) is 0 Å². The molecule has 0 aromatic carbocycles. The quantitative estimate of drug-likeness (QED) is 0.311. The van der Waals surface area contributed by atoms with Crippen LogP contribution in [-0.2, 0) is 0 Å². The molecule has 0 N–H and O–H groups in total. The summed E-state index contributed by atoms with van der Waals surface area (Å²) in [5, 5.41) is 0. The highest BCUT2D eigenvalue weighted by Gasteiger charge is 2.04. The van der Waals surface area contributed by atoms with E-state index in [0.29, 0.717) is 0 Å². The molecule has 0 aromatic heterocycles. The van der Waals surface area contributed by atoms with Crippen LogP contribution in [0.25, 0.3) is 0 Å². The van der Waals surface area contributed by atoms with Crippen molar-refractivity contribution in [3.05, 3.63) is 12.7 Å². The first-order valence-electron chi connectivity index (χ1n) is 4.52. The molecule has 0 aliphatic carbocycles. The number of hydrogen-bond acceptors (Lipinski definition) is 0. The van der Waals surface area contributed by atoms with Gasteiger partial charge in [-0.2, -0.15) is 0 Å². The summed E-state index contributed by atoms with van der Waals surface area (Å²) >= 11 is 5.80. The molecule has 0 spiro atoms. The molecule has 0 amide bonds. The lowest BCUT2D eigenvalue weighted by molar-refractivity contribution is 0.477. The molecule has 1 unspecified atom stereocenters. The summed E-state index contributed by atoms with van der Waals surface area (Å²) in [7, 11) is 0. The Morgan fingerprint density at radius 2 is 2.18 bits per heavy atom. The van der Waals surface area contributed by atoms with Gasteiger partial charge in [0.1, 0.15) is 0 Å². The number of alkyl halides is 1. The van der Waals surface area contributed by atoms with Gasteiger partial charge in [0.15, 0.2) is 0 Å². The molecule has 1 atom stereocenters. The van der Waals surface area contributed by atoms with E-state index in [1.807, 2.05) is 6.08 Å². The highest BCUT2D eigenvalue weighted by molar-refractivity contribution is 6.18. The summed E-state index contributed by atoms with van der Waals surface area (Å²) in [5.74, 6) is 1.56. The monoisotopic (exact) mass is 174 g/mol. The van der Waals surface area contributed by atoms with Gasteiger partial charge in [-0.05, 0) is 31.6 Å². The molecule has 11 heavy (non-hydrogen) atoms. The molecular weight excluding hydrogens is 156 g/mol. The first-order valence-corrected chi connectivity index (χ1v) is 5.05. The number of unbranched alkanes of at least 4 members (excludes halogenated alkanes) is 1. The smallest absolute Gasteiger partial charge is 0.0251 e. The molecule has 0 rings (SSSR count). The zero-order chi connectivity index (χ0) is 8.53. The second kappa shape index (κ2) is 8.13. The molecule has 0 radical (unpaired) electrons. The molecule has 0 aliphatic rings. The van der Waals surface area contributed by atoms with Gasteiger partial charge in [0.2, 0.25) is 0 Å². The molecule has 0 saturated heterocycles. The average Bonchev–Trinajstić information content (AvgIpc) is 2.03. The first-order chi connectivity index (χ1) is 5.35. The van der Waals surface area contributed by atoms with E-state index in [1.54, 1.807) is 0 Å². The molecule has 0 heterocycles. The minimum atomic E-state index is 0.738. The fraction of sp³-hybridized carbons (Fsp3) is 0.800. The van der Waals surface area contributed by atoms with E-state index in [4.69, 9.17) is 11.6 Å². The van der Waals surface area contributed by atoms with Crippen LogP contribution in [-0.4, -0.2) is 5.88 Å². The minimum Gasteiger partial charge on any atom is -0.126 e. The van der Waals surface area contributed by atoms with Gasteiger partial charge in [-0.25, -0.2) is 0 Å². The Morgan fingerprint density at radius 3 is 2.64 bits per heavy atom. The van der Waals surface area contributed by atoms with E-state index < -0.39 is 0 Å². The van der Waals surface area contributed by atoms with Crippen LogP contribution in [0.4, 0.5) is 0 Å². The van der Waals surface area contributed by atoms with Crippen LogP contribution in [0.3, 0.4) is 0 Å². The van der Waals surface area contributed by atoms with Crippen molar-refractivity contribution in [1.29, 1.82) is 0 Å². The van der Waals surface area contributed by atoms with Crippen molar-refractivity contribution in [3.8, 4) is 0 Å². The third-order valence-electron chi connectivity index (χ3n) is 1.94. The Hall–Kier alpha value is 0.0300. The summed E-state index contributed by atoms with van der Waals surface area (Å²) in [6.45, 7) is 5.91. The van der Waals surface area contributed by atoms with Crippen molar-refractivity contribution in [2.75, 3.05) is 5.88 Å². The Kier molecular flexibility index (Phi) is 8.15. The maximum Gasteiger partial charge on any atom is 0.0251 e. The van der Waals surface area contributed by atoms with Crippen molar-refractivity contribution in [3.63, 3.8) is 0 Å². The lowest BCUT2D eigenvalue weighted by Crippen LogP contribution is -2.01. The van der Waals surface area contributed by atoms with Crippen LogP contribution in [0.1, 0.15) is 39.0 Å². The summed E-state index contributed by atoms with van der Waals surface area (Å²) in [5.41, 5.74) is 0. The first kappa shape index (κ1) is 11.0. The van der Waals surface area contributed by atoms with Gasteiger partial charge in [-0.15, -0.1) is 18.2 Å². The summed E-state index contributed by atoms with van der Waals surface area (Å²) < 4.78 is 0. The van der Waals surface area contributed by atoms with Gasteiger partial charge in [0.05, 0.1) is 0 Å². The van der Waals surface area contributed by atoms with Crippen LogP contribution >= 0.6 is 11.6 Å². The molecule has 0 fully saturated rings. The predicted octanol–water partition coefficient (Wildman–Crippen LogP) is 4.00. The fourth-order valence-corrected chi connectivity index (χ4v) is 1.57. The van der Waals surface area contributed by atoms with Gasteiger partial charge >= 0.3 is 0 Å². The second-order valence-corrected chi connectivity index (χ2v) is 3.34. The van der Waals surface area contributed by atoms with Crippen molar-refractivity contribution in [2.45, 2.75) is 39.0 Å². The molecule has 1 heteroatoms. The van der Waals surface area contributed by atoms with Gasteiger partial charge in [0.25, 0.3) is 0 Å². The highest BCUT2D eigenvalue weighted by atomic mass is 35.5. The Labute approximate surface area is 75.6 Å². The third kappa shape index (κ3) is 6.43. The van der Waals surface area contributed by atoms with Crippen LogP contribution in [0, 0.1) is 5.92 Å². The molecule has 0 aliphatic heterocycles. The van der Waals surface area contributed by atoms with E-state index in [9.17, 15) is 0 Å². The Bertz CT molecular complexity index is 88.9. The minimum absolute atomic E-state index is 0.738. The largest absolute Gasteiger partial charge is 0.126 e. The lowest BCUT2D eigenvalue weighted by Gasteiger charge is -2.10. The summed E-state index contributed by atoms with van der Waals surface area (Å²) in [6, 6.07) is 0. The Balaban J connectivity index is 3.27. The molecular formula is C10H19Cl. The normalized spacial score (nSPS) is 12.9. The SMILES string of the molecule is C=CCCCC(CCl)CCC. The highest BCUT2D eigenvalue weighted by Crippen LogP contribution is 2.16. The molecule has 0 bridgehead atoms. The zero-order valence-electron chi connectivity index (χ0n) is 7.48. The summed E-state index contributed by atoms with van der Waals surface area (Å²) in [4.78, 5) is 0. The van der Waals surface area contributed by atoms with Crippen molar-refractivity contribution >= 4 is 11.6 Å². The maximum absolute atomic E-state index is 5.80.